The maximum absolute atomic E-state index is 13.0. The molecular formula is C22H26ClN3O5S. The molecule has 8 nitrogen and oxygen atoms in total. The van der Waals surface area contributed by atoms with Crippen LogP contribution in [0, 0.1) is 6.92 Å². The third-order valence-electron chi connectivity index (χ3n) is 5.01. The van der Waals surface area contributed by atoms with Crippen molar-refractivity contribution >= 4 is 52.0 Å². The van der Waals surface area contributed by atoms with Gasteiger partial charge in [-0.25, -0.2) is 0 Å². The zero-order chi connectivity index (χ0) is 23.3. The Kier molecular flexibility index (Phi) is 8.25. The zero-order valence-electron chi connectivity index (χ0n) is 18.1. The quantitative estimate of drug-likeness (QED) is 0.605. The number of carbonyl (C=O) groups is 3. The Balaban J connectivity index is 1.74. The van der Waals surface area contributed by atoms with Crippen LogP contribution in [0.1, 0.15) is 29.1 Å². The molecule has 0 spiro atoms. The van der Waals surface area contributed by atoms with Crippen LogP contribution in [0.15, 0.2) is 30.3 Å². The lowest BCUT2D eigenvalue weighted by Gasteiger charge is -2.28. The molecule has 2 heterocycles. The van der Waals surface area contributed by atoms with Crippen molar-refractivity contribution in [1.82, 2.24) is 5.32 Å². The van der Waals surface area contributed by atoms with Gasteiger partial charge < -0.3 is 25.0 Å². The second kappa shape index (κ2) is 10.9. The zero-order valence-corrected chi connectivity index (χ0v) is 19.7. The van der Waals surface area contributed by atoms with Crippen LogP contribution >= 0.6 is 22.9 Å². The molecule has 1 aliphatic rings. The number of halogens is 1. The highest BCUT2D eigenvalue weighted by molar-refractivity contribution is 7.18. The van der Waals surface area contributed by atoms with Crippen molar-refractivity contribution in [3.63, 3.8) is 0 Å². The van der Waals surface area contributed by atoms with Gasteiger partial charge in [-0.05, 0) is 56.7 Å². The SMILES string of the molecule is CCO[C@H](C)[C@@H](NC(=O)c1ccc(Cl)s1)C(=O)Nc1ccc(N2CCOCC2=O)c(C)c1. The molecule has 1 aromatic carbocycles. The molecule has 1 aromatic heterocycles. The normalized spacial score (nSPS) is 15.9. The number of hydrogen-bond acceptors (Lipinski definition) is 6. The monoisotopic (exact) mass is 479 g/mol. The van der Waals surface area contributed by atoms with Crippen molar-refractivity contribution in [1.29, 1.82) is 0 Å². The molecule has 1 aliphatic heterocycles. The van der Waals surface area contributed by atoms with Gasteiger partial charge >= 0.3 is 0 Å². The summed E-state index contributed by atoms with van der Waals surface area (Å²) >= 11 is 7.05. The smallest absolute Gasteiger partial charge is 0.262 e. The summed E-state index contributed by atoms with van der Waals surface area (Å²) in [6, 6.07) is 7.64. The van der Waals surface area contributed by atoms with E-state index in [1.165, 1.54) is 0 Å². The highest BCUT2D eigenvalue weighted by Crippen LogP contribution is 2.25. The third kappa shape index (κ3) is 5.86. The van der Waals surface area contributed by atoms with Crippen LogP contribution in [0.2, 0.25) is 4.34 Å². The second-order valence-electron chi connectivity index (χ2n) is 7.30. The van der Waals surface area contributed by atoms with Crippen LogP contribution in [0.5, 0.6) is 0 Å². The lowest BCUT2D eigenvalue weighted by Crippen LogP contribution is -2.51. The minimum Gasteiger partial charge on any atom is -0.376 e. The van der Waals surface area contributed by atoms with Gasteiger partial charge in [-0.2, -0.15) is 0 Å². The summed E-state index contributed by atoms with van der Waals surface area (Å²) in [4.78, 5) is 39.9. The third-order valence-corrected chi connectivity index (χ3v) is 6.24. The number of thiophene rings is 1. The topological polar surface area (TPSA) is 97.0 Å². The van der Waals surface area contributed by atoms with Gasteiger partial charge in [-0.15, -0.1) is 11.3 Å². The van der Waals surface area contributed by atoms with Gasteiger partial charge in [0.05, 0.1) is 21.9 Å². The van der Waals surface area contributed by atoms with E-state index in [1.807, 2.05) is 13.8 Å². The molecule has 1 saturated heterocycles. The second-order valence-corrected chi connectivity index (χ2v) is 9.02. The predicted octanol–water partition coefficient (Wildman–Crippen LogP) is 3.24. The van der Waals surface area contributed by atoms with E-state index in [0.717, 1.165) is 22.6 Å². The summed E-state index contributed by atoms with van der Waals surface area (Å²) < 4.78 is 11.3. The molecule has 3 amide bonds. The fraction of sp³-hybridized carbons (Fsp3) is 0.409. The molecule has 32 heavy (non-hydrogen) atoms. The number of nitrogens with one attached hydrogen (secondary N) is 2. The first-order valence-corrected chi connectivity index (χ1v) is 11.5. The van der Waals surface area contributed by atoms with E-state index in [2.05, 4.69) is 10.6 Å². The molecule has 3 rings (SSSR count). The van der Waals surface area contributed by atoms with Crippen LogP contribution in [-0.2, 0) is 19.1 Å². The number of amides is 3. The lowest BCUT2D eigenvalue weighted by atomic mass is 10.1. The number of rotatable bonds is 8. The Hall–Kier alpha value is -2.46. The predicted molar refractivity (Wildman–Crippen MR) is 125 cm³/mol. The number of benzene rings is 1. The number of morpholine rings is 1. The minimum absolute atomic E-state index is 0.0596. The summed E-state index contributed by atoms with van der Waals surface area (Å²) in [5.74, 6) is -0.902. The largest absolute Gasteiger partial charge is 0.376 e. The molecule has 0 saturated carbocycles. The van der Waals surface area contributed by atoms with Crippen molar-refractivity contribution in [3.05, 3.63) is 45.1 Å². The average Bonchev–Trinajstić information content (AvgIpc) is 3.19. The molecule has 10 heteroatoms. The van der Waals surface area contributed by atoms with E-state index in [4.69, 9.17) is 21.1 Å². The molecule has 2 atom stereocenters. The molecule has 0 radical (unpaired) electrons. The summed E-state index contributed by atoms with van der Waals surface area (Å²) in [7, 11) is 0. The Morgan fingerprint density at radius 1 is 1.31 bits per heavy atom. The van der Waals surface area contributed by atoms with E-state index < -0.39 is 24.0 Å². The Morgan fingerprint density at radius 3 is 2.72 bits per heavy atom. The van der Waals surface area contributed by atoms with Gasteiger partial charge in [0.1, 0.15) is 12.6 Å². The minimum atomic E-state index is -0.913. The van der Waals surface area contributed by atoms with E-state index in [0.29, 0.717) is 34.7 Å². The van der Waals surface area contributed by atoms with E-state index in [1.54, 1.807) is 42.2 Å². The summed E-state index contributed by atoms with van der Waals surface area (Å²) in [5.41, 5.74) is 2.17. The van der Waals surface area contributed by atoms with Crippen molar-refractivity contribution in [2.75, 3.05) is 36.6 Å². The standard InChI is InChI=1S/C22H26ClN3O5S/c1-4-31-14(3)20(25-21(28)17-7-8-18(23)32-17)22(29)24-15-5-6-16(13(2)11-15)26-9-10-30-12-19(26)27/h5-8,11,14,20H,4,9-10,12H2,1-3H3,(H,24,29)(H,25,28)/t14-,20-/m1/s1. The van der Waals surface area contributed by atoms with Gasteiger partial charge in [0.25, 0.3) is 11.8 Å². The number of anilines is 2. The van der Waals surface area contributed by atoms with E-state index >= 15 is 0 Å². The van der Waals surface area contributed by atoms with Gasteiger partial charge in [-0.3, -0.25) is 14.4 Å². The van der Waals surface area contributed by atoms with Crippen LogP contribution in [0.3, 0.4) is 0 Å². The van der Waals surface area contributed by atoms with E-state index in [9.17, 15) is 14.4 Å². The van der Waals surface area contributed by atoms with Crippen LogP contribution in [0.4, 0.5) is 11.4 Å². The molecule has 0 unspecified atom stereocenters. The van der Waals surface area contributed by atoms with Crippen molar-refractivity contribution in [2.24, 2.45) is 0 Å². The Morgan fingerprint density at radius 2 is 2.09 bits per heavy atom. The highest BCUT2D eigenvalue weighted by Gasteiger charge is 2.29. The molecular weight excluding hydrogens is 454 g/mol. The fourth-order valence-corrected chi connectivity index (χ4v) is 4.38. The maximum Gasteiger partial charge on any atom is 0.262 e. The first kappa shape index (κ1) is 24.2. The van der Waals surface area contributed by atoms with Crippen molar-refractivity contribution in [2.45, 2.75) is 32.9 Å². The fourth-order valence-electron chi connectivity index (χ4n) is 3.43. The summed E-state index contributed by atoms with van der Waals surface area (Å²) in [6.45, 7) is 6.84. The van der Waals surface area contributed by atoms with Gasteiger partial charge in [0.15, 0.2) is 0 Å². The average molecular weight is 480 g/mol. The molecule has 2 aromatic rings. The summed E-state index contributed by atoms with van der Waals surface area (Å²) in [6.07, 6.45) is -0.550. The van der Waals surface area contributed by atoms with Crippen LogP contribution < -0.4 is 15.5 Å². The van der Waals surface area contributed by atoms with Gasteiger partial charge in [0.2, 0.25) is 5.91 Å². The van der Waals surface area contributed by atoms with Crippen molar-refractivity contribution in [3.8, 4) is 0 Å². The lowest BCUT2D eigenvalue weighted by molar-refractivity contribution is -0.125. The van der Waals surface area contributed by atoms with E-state index in [-0.39, 0.29) is 12.5 Å². The van der Waals surface area contributed by atoms with Crippen LogP contribution in [0.25, 0.3) is 0 Å². The molecule has 2 N–H and O–H groups in total. The number of hydrogen-bond donors (Lipinski definition) is 2. The van der Waals surface area contributed by atoms with Gasteiger partial charge in [0, 0.05) is 24.5 Å². The number of carbonyl (C=O) groups excluding carboxylic acids is 3. The summed E-state index contributed by atoms with van der Waals surface area (Å²) in [5, 5.41) is 5.58. The number of ether oxygens (including phenoxy) is 2. The molecule has 0 bridgehead atoms. The number of aryl methyl sites for hydroxylation is 1. The van der Waals surface area contributed by atoms with Crippen LogP contribution in [-0.4, -0.2) is 56.2 Å². The maximum atomic E-state index is 13.0. The van der Waals surface area contributed by atoms with Gasteiger partial charge in [-0.1, -0.05) is 11.6 Å². The molecule has 172 valence electrons. The molecule has 1 fully saturated rings. The Labute approximate surface area is 195 Å². The van der Waals surface area contributed by atoms with Crippen molar-refractivity contribution < 1.29 is 23.9 Å². The Bertz CT molecular complexity index is 996. The number of nitrogens with zero attached hydrogens (tertiary/aromatic N) is 1. The first-order chi connectivity index (χ1) is 15.3. The molecule has 0 aliphatic carbocycles. The highest BCUT2D eigenvalue weighted by atomic mass is 35.5. The first-order valence-electron chi connectivity index (χ1n) is 10.3.